The van der Waals surface area contributed by atoms with E-state index in [2.05, 4.69) is 26.9 Å². The topological polar surface area (TPSA) is 71.3 Å². The Labute approximate surface area is 134 Å². The predicted molar refractivity (Wildman–Crippen MR) is 85.3 cm³/mol. The van der Waals surface area contributed by atoms with Crippen molar-refractivity contribution in [2.24, 2.45) is 0 Å². The van der Waals surface area contributed by atoms with Gasteiger partial charge in [0.25, 0.3) is 5.91 Å². The summed E-state index contributed by atoms with van der Waals surface area (Å²) in [6, 6.07) is 7.44. The maximum Gasteiger partial charge on any atom is 0.274 e. The van der Waals surface area contributed by atoms with Crippen molar-refractivity contribution in [2.45, 2.75) is 24.8 Å². The number of nitrogens with one attached hydrogen (secondary N) is 1. The summed E-state index contributed by atoms with van der Waals surface area (Å²) in [7, 11) is 0. The van der Waals surface area contributed by atoms with Crippen LogP contribution in [-0.2, 0) is 0 Å². The number of pyridine rings is 1. The van der Waals surface area contributed by atoms with Crippen molar-refractivity contribution in [3.8, 4) is 0 Å². The summed E-state index contributed by atoms with van der Waals surface area (Å²) in [5.41, 5.74) is 1.31. The molecule has 2 fully saturated rings. The van der Waals surface area contributed by atoms with Gasteiger partial charge in [-0.1, -0.05) is 17.8 Å². The highest BCUT2D eigenvalue weighted by Crippen LogP contribution is 2.40. The zero-order valence-corrected chi connectivity index (χ0v) is 12.7. The van der Waals surface area contributed by atoms with E-state index in [1.54, 1.807) is 12.3 Å². The van der Waals surface area contributed by atoms with Crippen molar-refractivity contribution in [1.82, 2.24) is 15.5 Å². The van der Waals surface area contributed by atoms with Gasteiger partial charge in [0.1, 0.15) is 11.6 Å². The van der Waals surface area contributed by atoms with Gasteiger partial charge in [-0.25, -0.2) is 4.98 Å². The fourth-order valence-corrected chi connectivity index (χ4v) is 2.82. The lowest BCUT2D eigenvalue weighted by atomic mass is 10.2. The molecule has 0 radical (unpaired) electrons. The Kier molecular flexibility index (Phi) is 3.37. The van der Waals surface area contributed by atoms with Crippen LogP contribution in [0.1, 0.15) is 35.0 Å². The highest BCUT2D eigenvalue weighted by molar-refractivity contribution is 5.92. The van der Waals surface area contributed by atoms with Crippen LogP contribution in [0.15, 0.2) is 47.1 Å². The van der Waals surface area contributed by atoms with Crippen molar-refractivity contribution in [2.75, 3.05) is 18.0 Å². The van der Waals surface area contributed by atoms with E-state index in [0.717, 1.165) is 30.0 Å². The maximum atomic E-state index is 12.3. The minimum Gasteiger partial charge on any atom is -0.360 e. The van der Waals surface area contributed by atoms with Crippen molar-refractivity contribution >= 4 is 11.7 Å². The van der Waals surface area contributed by atoms with Gasteiger partial charge in [0.2, 0.25) is 0 Å². The summed E-state index contributed by atoms with van der Waals surface area (Å²) >= 11 is 0. The summed E-state index contributed by atoms with van der Waals surface area (Å²) in [4.78, 5) is 18.8. The summed E-state index contributed by atoms with van der Waals surface area (Å²) in [6.07, 6.45) is 4.00. The predicted octanol–water partition coefficient (Wildman–Crippen LogP) is 2.12. The Morgan fingerprint density at radius 1 is 1.39 bits per heavy atom. The Hall–Kier alpha value is -2.63. The summed E-state index contributed by atoms with van der Waals surface area (Å²) in [6.45, 7) is 5.42. The first-order chi connectivity index (χ1) is 11.2. The van der Waals surface area contributed by atoms with Gasteiger partial charge < -0.3 is 14.7 Å². The number of carbonyl (C=O) groups excluding carboxylic acids is 1. The van der Waals surface area contributed by atoms with E-state index in [9.17, 15) is 4.79 Å². The van der Waals surface area contributed by atoms with Crippen LogP contribution in [0.25, 0.3) is 0 Å². The van der Waals surface area contributed by atoms with E-state index in [0.29, 0.717) is 24.7 Å². The highest BCUT2D eigenvalue weighted by atomic mass is 16.5. The normalized spacial score (nSPS) is 20.8. The zero-order valence-electron chi connectivity index (χ0n) is 12.7. The molecule has 2 aliphatic rings. The Morgan fingerprint density at radius 2 is 2.26 bits per heavy atom. The fourth-order valence-electron chi connectivity index (χ4n) is 2.82. The van der Waals surface area contributed by atoms with E-state index in [1.165, 1.54) is 0 Å². The minimum atomic E-state index is -0.213. The van der Waals surface area contributed by atoms with Crippen LogP contribution >= 0.6 is 0 Å². The summed E-state index contributed by atoms with van der Waals surface area (Å²) in [5, 5.41) is 6.87. The molecule has 1 saturated heterocycles. The van der Waals surface area contributed by atoms with Crippen molar-refractivity contribution < 1.29 is 9.32 Å². The second-order valence-electron chi connectivity index (χ2n) is 6.14. The second-order valence-corrected chi connectivity index (χ2v) is 6.14. The lowest BCUT2D eigenvalue weighted by molar-refractivity contribution is 0.0936. The van der Waals surface area contributed by atoms with Crippen LogP contribution in [-0.4, -0.2) is 35.2 Å². The molecule has 1 saturated carbocycles. The molecule has 3 heterocycles. The molecular formula is C17H18N4O2. The molecule has 1 aliphatic carbocycles. The van der Waals surface area contributed by atoms with Crippen molar-refractivity contribution in [3.63, 3.8) is 0 Å². The zero-order chi connectivity index (χ0) is 15.8. The van der Waals surface area contributed by atoms with Crippen molar-refractivity contribution in [1.29, 1.82) is 0 Å². The van der Waals surface area contributed by atoms with Crippen molar-refractivity contribution in [3.05, 3.63) is 54.1 Å². The fraction of sp³-hybridized carbons (Fsp3) is 0.353. The van der Waals surface area contributed by atoms with Crippen LogP contribution in [0.4, 0.5) is 5.82 Å². The Bertz CT molecular complexity index is 736. The molecular weight excluding hydrogens is 292 g/mol. The third kappa shape index (κ3) is 2.84. The third-order valence-electron chi connectivity index (χ3n) is 4.31. The highest BCUT2D eigenvalue weighted by Gasteiger charge is 2.31. The number of anilines is 1. The van der Waals surface area contributed by atoms with Gasteiger partial charge in [-0.15, -0.1) is 0 Å². The summed E-state index contributed by atoms with van der Waals surface area (Å²) < 4.78 is 5.24. The lowest BCUT2D eigenvalue weighted by Gasteiger charge is -2.16. The first kappa shape index (κ1) is 14.0. The lowest BCUT2D eigenvalue weighted by Crippen LogP contribution is -2.38. The van der Waals surface area contributed by atoms with Crippen LogP contribution in [0.5, 0.6) is 0 Å². The molecule has 0 spiro atoms. The molecule has 1 N–H and O–H groups in total. The van der Waals surface area contributed by atoms with Crippen LogP contribution in [0, 0.1) is 0 Å². The van der Waals surface area contributed by atoms with Gasteiger partial charge in [-0.05, 0) is 30.5 Å². The van der Waals surface area contributed by atoms with Gasteiger partial charge in [-0.3, -0.25) is 4.79 Å². The molecule has 0 unspecified atom stereocenters. The first-order valence-electron chi connectivity index (χ1n) is 7.82. The number of rotatable bonds is 4. The molecule has 1 amide bonds. The average Bonchev–Trinajstić information content (AvgIpc) is 3.18. The molecule has 2 aromatic rings. The number of hydrogen-bond donors (Lipinski definition) is 1. The smallest absolute Gasteiger partial charge is 0.274 e. The van der Waals surface area contributed by atoms with E-state index >= 15 is 0 Å². The molecule has 0 aromatic carbocycles. The van der Waals surface area contributed by atoms with Gasteiger partial charge in [0, 0.05) is 31.3 Å². The molecule has 23 heavy (non-hydrogen) atoms. The Morgan fingerprint density at radius 3 is 3.00 bits per heavy atom. The number of carbonyl (C=O) groups is 1. The van der Waals surface area contributed by atoms with Crippen LogP contribution < -0.4 is 10.2 Å². The molecule has 2 aromatic heterocycles. The first-order valence-corrected chi connectivity index (χ1v) is 7.82. The van der Waals surface area contributed by atoms with E-state index in [4.69, 9.17) is 4.52 Å². The third-order valence-corrected chi connectivity index (χ3v) is 4.31. The van der Waals surface area contributed by atoms with Gasteiger partial charge in [-0.2, -0.15) is 0 Å². The van der Waals surface area contributed by atoms with E-state index in [-0.39, 0.29) is 11.9 Å². The molecule has 4 rings (SSSR count). The van der Waals surface area contributed by atoms with Crippen LogP contribution in [0.2, 0.25) is 0 Å². The second kappa shape index (κ2) is 5.53. The van der Waals surface area contributed by atoms with Gasteiger partial charge >= 0.3 is 0 Å². The van der Waals surface area contributed by atoms with Crippen LogP contribution in [0.3, 0.4) is 0 Å². The number of hydrogen-bond acceptors (Lipinski definition) is 5. The molecule has 1 aliphatic heterocycles. The van der Waals surface area contributed by atoms with Gasteiger partial charge in [0.15, 0.2) is 5.69 Å². The number of amides is 1. The Balaban J connectivity index is 1.41. The van der Waals surface area contributed by atoms with Gasteiger partial charge in [0.05, 0.1) is 6.04 Å². The standard InChI is InChI=1S/C17H18N4O2/c1-11-9-21(16-4-2-3-7-18-16)10-14(11)19-17(22)13-8-15(23-20-13)12-5-6-12/h2-4,7-8,12,14H,1,5-6,9-10H2,(H,19,22)/t14-/m1/s1. The van der Waals surface area contributed by atoms with E-state index < -0.39 is 0 Å². The molecule has 118 valence electrons. The molecule has 6 nitrogen and oxygen atoms in total. The van der Waals surface area contributed by atoms with E-state index in [1.807, 2.05) is 18.2 Å². The molecule has 0 bridgehead atoms. The average molecular weight is 310 g/mol. The number of aromatic nitrogens is 2. The summed E-state index contributed by atoms with van der Waals surface area (Å²) in [5.74, 6) is 1.94. The monoisotopic (exact) mass is 310 g/mol. The quantitative estimate of drug-likeness (QED) is 0.876. The molecule has 6 heteroatoms. The number of nitrogens with zero attached hydrogens (tertiary/aromatic N) is 3. The largest absolute Gasteiger partial charge is 0.360 e. The maximum absolute atomic E-state index is 12.3. The SMILES string of the molecule is C=C1CN(c2ccccn2)C[C@H]1NC(=O)c1cc(C2CC2)on1. The minimum absolute atomic E-state index is 0.106. The molecule has 1 atom stereocenters.